The minimum atomic E-state index is -0.104. The first kappa shape index (κ1) is 19.4. The zero-order valence-corrected chi connectivity index (χ0v) is 14.2. The van der Waals surface area contributed by atoms with Gasteiger partial charge in [-0.05, 0) is 30.7 Å². The molecular formula is C16H24ClN3O3. The van der Waals surface area contributed by atoms with Crippen molar-refractivity contribution in [2.75, 3.05) is 44.8 Å². The van der Waals surface area contributed by atoms with Gasteiger partial charge >= 0.3 is 0 Å². The molecule has 1 aromatic carbocycles. The van der Waals surface area contributed by atoms with Crippen molar-refractivity contribution in [1.82, 2.24) is 10.6 Å². The molecule has 0 aromatic heterocycles. The molecule has 1 aliphatic heterocycles. The van der Waals surface area contributed by atoms with Gasteiger partial charge in [-0.15, -0.1) is 12.4 Å². The standard InChI is InChI=1S/C16H23N3O3.ClH/c1-22-12-10-17-8-9-18-16(21)13-4-6-14(7-5-13)19-11-2-3-15(19)20;/h4-7,17H,2-3,8-12H2,1H3,(H,18,21);1H. The number of rotatable bonds is 8. The van der Waals surface area contributed by atoms with Crippen molar-refractivity contribution < 1.29 is 14.3 Å². The van der Waals surface area contributed by atoms with Gasteiger partial charge in [0.2, 0.25) is 5.91 Å². The number of methoxy groups -OCH3 is 1. The summed E-state index contributed by atoms with van der Waals surface area (Å²) in [7, 11) is 1.66. The first-order chi connectivity index (χ1) is 10.7. The molecule has 0 saturated carbocycles. The largest absolute Gasteiger partial charge is 0.383 e. The Bertz CT molecular complexity index is 508. The molecule has 1 heterocycles. The second-order valence-corrected chi connectivity index (χ2v) is 5.19. The van der Waals surface area contributed by atoms with E-state index in [1.807, 2.05) is 12.1 Å². The van der Waals surface area contributed by atoms with Crippen LogP contribution in [0.4, 0.5) is 5.69 Å². The van der Waals surface area contributed by atoms with Crippen LogP contribution >= 0.6 is 12.4 Å². The van der Waals surface area contributed by atoms with Gasteiger partial charge in [0.1, 0.15) is 0 Å². The van der Waals surface area contributed by atoms with Crippen LogP contribution in [-0.4, -0.2) is 51.7 Å². The fourth-order valence-corrected chi connectivity index (χ4v) is 2.38. The van der Waals surface area contributed by atoms with E-state index in [9.17, 15) is 9.59 Å². The number of hydrogen-bond donors (Lipinski definition) is 2. The molecule has 23 heavy (non-hydrogen) atoms. The Morgan fingerprint density at radius 2 is 1.96 bits per heavy atom. The topological polar surface area (TPSA) is 70.7 Å². The van der Waals surface area contributed by atoms with Gasteiger partial charge in [0.05, 0.1) is 6.61 Å². The van der Waals surface area contributed by atoms with Crippen molar-refractivity contribution in [2.24, 2.45) is 0 Å². The number of hydrogen-bond acceptors (Lipinski definition) is 4. The number of carbonyl (C=O) groups excluding carboxylic acids is 2. The highest BCUT2D eigenvalue weighted by molar-refractivity contribution is 5.97. The van der Waals surface area contributed by atoms with Gasteiger partial charge in [-0.3, -0.25) is 9.59 Å². The average Bonchev–Trinajstić information content (AvgIpc) is 2.97. The third-order valence-electron chi connectivity index (χ3n) is 3.58. The molecule has 0 bridgehead atoms. The molecule has 1 fully saturated rings. The zero-order chi connectivity index (χ0) is 15.8. The van der Waals surface area contributed by atoms with Gasteiger partial charge in [-0.25, -0.2) is 0 Å². The van der Waals surface area contributed by atoms with Crippen LogP contribution in [0.15, 0.2) is 24.3 Å². The molecule has 0 atom stereocenters. The number of amides is 2. The van der Waals surface area contributed by atoms with Gasteiger partial charge in [0.25, 0.3) is 5.91 Å². The maximum absolute atomic E-state index is 12.0. The van der Waals surface area contributed by atoms with E-state index >= 15 is 0 Å². The minimum Gasteiger partial charge on any atom is -0.383 e. The summed E-state index contributed by atoms with van der Waals surface area (Å²) in [5.41, 5.74) is 1.47. The molecule has 0 aliphatic carbocycles. The predicted molar refractivity (Wildman–Crippen MR) is 92.4 cm³/mol. The Kier molecular flexibility index (Phi) is 8.61. The maximum Gasteiger partial charge on any atom is 0.251 e. The number of halogens is 1. The van der Waals surface area contributed by atoms with Gasteiger partial charge in [-0.1, -0.05) is 0 Å². The normalized spacial score (nSPS) is 13.8. The van der Waals surface area contributed by atoms with E-state index in [2.05, 4.69) is 10.6 Å². The molecule has 0 unspecified atom stereocenters. The van der Waals surface area contributed by atoms with Crippen molar-refractivity contribution in [2.45, 2.75) is 12.8 Å². The van der Waals surface area contributed by atoms with Crippen LogP contribution in [0.5, 0.6) is 0 Å². The summed E-state index contributed by atoms with van der Waals surface area (Å²) in [6.45, 7) is 3.46. The highest BCUT2D eigenvalue weighted by atomic mass is 35.5. The number of nitrogens with zero attached hydrogens (tertiary/aromatic N) is 1. The molecule has 0 spiro atoms. The first-order valence-electron chi connectivity index (χ1n) is 7.60. The molecule has 0 radical (unpaired) electrons. The molecule has 1 aromatic rings. The van der Waals surface area contributed by atoms with Gasteiger partial charge in [0, 0.05) is 51.0 Å². The van der Waals surface area contributed by atoms with Gasteiger partial charge < -0.3 is 20.3 Å². The number of nitrogens with one attached hydrogen (secondary N) is 2. The molecule has 2 rings (SSSR count). The van der Waals surface area contributed by atoms with Crippen molar-refractivity contribution >= 4 is 29.9 Å². The molecule has 2 amide bonds. The van der Waals surface area contributed by atoms with E-state index in [4.69, 9.17) is 4.74 Å². The lowest BCUT2D eigenvalue weighted by Crippen LogP contribution is -2.33. The Balaban J connectivity index is 0.00000264. The number of carbonyl (C=O) groups is 2. The third-order valence-corrected chi connectivity index (χ3v) is 3.58. The average molecular weight is 342 g/mol. The van der Waals surface area contributed by atoms with Crippen molar-refractivity contribution in [3.05, 3.63) is 29.8 Å². The van der Waals surface area contributed by atoms with Gasteiger partial charge in [0.15, 0.2) is 0 Å². The lowest BCUT2D eigenvalue weighted by molar-refractivity contribution is -0.117. The molecule has 1 aliphatic rings. The van der Waals surface area contributed by atoms with Crippen molar-refractivity contribution in [3.63, 3.8) is 0 Å². The zero-order valence-electron chi connectivity index (χ0n) is 13.3. The van der Waals surface area contributed by atoms with Crippen LogP contribution in [0, 0.1) is 0 Å². The fraction of sp³-hybridized carbons (Fsp3) is 0.500. The fourth-order valence-electron chi connectivity index (χ4n) is 2.38. The minimum absolute atomic E-state index is 0. The molecule has 128 valence electrons. The maximum atomic E-state index is 12.0. The summed E-state index contributed by atoms with van der Waals surface area (Å²) in [6.07, 6.45) is 1.51. The predicted octanol–water partition coefficient (Wildman–Crippen LogP) is 1.20. The van der Waals surface area contributed by atoms with Crippen LogP contribution in [-0.2, 0) is 9.53 Å². The lowest BCUT2D eigenvalue weighted by atomic mass is 10.2. The van der Waals surface area contributed by atoms with Crippen LogP contribution in [0.1, 0.15) is 23.2 Å². The first-order valence-corrected chi connectivity index (χ1v) is 7.60. The monoisotopic (exact) mass is 341 g/mol. The Morgan fingerprint density at radius 3 is 2.57 bits per heavy atom. The van der Waals surface area contributed by atoms with E-state index in [0.717, 1.165) is 25.2 Å². The molecule has 1 saturated heterocycles. The summed E-state index contributed by atoms with van der Waals surface area (Å²) >= 11 is 0. The molecular weight excluding hydrogens is 318 g/mol. The van der Waals surface area contributed by atoms with Gasteiger partial charge in [-0.2, -0.15) is 0 Å². The molecule has 7 heteroatoms. The van der Waals surface area contributed by atoms with Crippen LogP contribution in [0.3, 0.4) is 0 Å². The van der Waals surface area contributed by atoms with E-state index < -0.39 is 0 Å². The molecule has 6 nitrogen and oxygen atoms in total. The summed E-state index contributed by atoms with van der Waals surface area (Å²) in [5.74, 6) is 0.0483. The highest BCUT2D eigenvalue weighted by Crippen LogP contribution is 2.21. The summed E-state index contributed by atoms with van der Waals surface area (Å²) < 4.78 is 4.92. The Labute approximate surface area is 143 Å². The Morgan fingerprint density at radius 1 is 1.22 bits per heavy atom. The van der Waals surface area contributed by atoms with Crippen LogP contribution in [0.25, 0.3) is 0 Å². The quantitative estimate of drug-likeness (QED) is 0.697. The lowest BCUT2D eigenvalue weighted by Gasteiger charge is -2.15. The highest BCUT2D eigenvalue weighted by Gasteiger charge is 2.21. The Hall–Kier alpha value is -1.63. The number of ether oxygens (including phenoxy) is 1. The number of benzene rings is 1. The van der Waals surface area contributed by atoms with Crippen molar-refractivity contribution in [3.8, 4) is 0 Å². The molecule has 2 N–H and O–H groups in total. The second kappa shape index (κ2) is 10.2. The third kappa shape index (κ3) is 5.82. The van der Waals surface area contributed by atoms with Crippen LogP contribution < -0.4 is 15.5 Å². The number of anilines is 1. The smallest absolute Gasteiger partial charge is 0.251 e. The van der Waals surface area contributed by atoms with Crippen LogP contribution in [0.2, 0.25) is 0 Å². The van der Waals surface area contributed by atoms with E-state index in [0.29, 0.717) is 31.7 Å². The summed E-state index contributed by atoms with van der Waals surface area (Å²) in [5, 5.41) is 6.01. The van der Waals surface area contributed by atoms with Crippen molar-refractivity contribution in [1.29, 1.82) is 0 Å². The van der Waals surface area contributed by atoms with E-state index in [-0.39, 0.29) is 24.2 Å². The van der Waals surface area contributed by atoms with E-state index in [1.165, 1.54) is 0 Å². The second-order valence-electron chi connectivity index (χ2n) is 5.19. The summed E-state index contributed by atoms with van der Waals surface area (Å²) in [6, 6.07) is 7.17. The SMILES string of the molecule is COCCNCCNC(=O)c1ccc(N2CCCC2=O)cc1.Cl. The van der Waals surface area contributed by atoms with E-state index in [1.54, 1.807) is 24.1 Å². The summed E-state index contributed by atoms with van der Waals surface area (Å²) in [4.78, 5) is 25.4.